The molecule has 98 heavy (non-hydrogen) atoms. The second kappa shape index (κ2) is 22.5. The summed E-state index contributed by atoms with van der Waals surface area (Å²) in [6.45, 7) is 0. The zero-order chi connectivity index (χ0) is 69.3. The van der Waals surface area contributed by atoms with Crippen molar-refractivity contribution < 1.29 is 6.85 Å². The Labute approximate surface area is 568 Å². The topological polar surface area (TPSA) is 106 Å². The fraction of sp³-hybridized carbons (Fsp3) is 0. The molecular weight excluding hydrogens is 1200 g/mol. The molecule has 0 aliphatic carbocycles. The van der Waals surface area contributed by atoms with Crippen molar-refractivity contribution in [3.63, 3.8) is 0 Å². The third-order valence-electron chi connectivity index (χ3n) is 19.2. The van der Waals surface area contributed by atoms with E-state index >= 15 is 0 Å². The molecule has 14 aromatic carbocycles. The van der Waals surface area contributed by atoms with Crippen LogP contribution in [0.2, 0.25) is 0 Å². The molecular formula is C89H53N9. The third-order valence-corrected chi connectivity index (χ3v) is 19.2. The lowest BCUT2D eigenvalue weighted by Crippen LogP contribution is -1.99. The van der Waals surface area contributed by atoms with E-state index in [-0.39, 0.29) is 29.9 Å². The van der Waals surface area contributed by atoms with Gasteiger partial charge in [-0.25, -0.2) is 15.0 Å². The number of para-hydroxylation sites is 7. The number of nitrogens with zero attached hydrogens (tertiary/aromatic N) is 9. The van der Waals surface area contributed by atoms with Gasteiger partial charge < -0.3 is 13.7 Å². The predicted octanol–water partition coefficient (Wildman–Crippen LogP) is 22.2. The van der Waals surface area contributed by atoms with Crippen LogP contribution in [0.3, 0.4) is 0 Å². The fourth-order valence-corrected chi connectivity index (χ4v) is 14.8. The second-order valence-electron chi connectivity index (χ2n) is 24.5. The molecule has 6 heterocycles. The molecule has 0 aliphatic heterocycles. The van der Waals surface area contributed by atoms with E-state index in [1.54, 1.807) is 4.57 Å². The first-order chi connectivity index (χ1) is 50.6. The fourth-order valence-electron chi connectivity index (χ4n) is 14.8. The largest absolute Gasteiger partial charge is 0.309 e. The van der Waals surface area contributed by atoms with Crippen molar-refractivity contribution in [1.82, 2.24) is 33.2 Å². The van der Waals surface area contributed by atoms with Gasteiger partial charge in [0.05, 0.1) is 73.7 Å². The number of benzene rings is 14. The molecule has 454 valence electrons. The summed E-state index contributed by atoms with van der Waals surface area (Å²) in [5.74, 6) is 1.24. The average molecular weight is 1250 g/mol. The number of aromatic nitrogens is 7. The minimum Gasteiger partial charge on any atom is -0.309 e. The van der Waals surface area contributed by atoms with Gasteiger partial charge in [0.25, 0.3) is 0 Å². The van der Waals surface area contributed by atoms with Gasteiger partial charge in [0.15, 0.2) is 11.5 Å². The van der Waals surface area contributed by atoms with Crippen LogP contribution in [0.25, 0.3) is 176 Å². The van der Waals surface area contributed by atoms with Crippen LogP contribution in [0, 0.1) is 22.7 Å². The van der Waals surface area contributed by atoms with Crippen molar-refractivity contribution in [1.29, 1.82) is 10.5 Å². The Hall–Kier alpha value is -13.7. The molecule has 0 amide bonds. The molecule has 6 aromatic heterocycles. The Morgan fingerprint density at radius 2 is 0.745 bits per heavy atom. The van der Waals surface area contributed by atoms with Crippen LogP contribution in [-0.4, -0.2) is 33.2 Å². The number of fused-ring (bicyclic) bond motifs is 16. The summed E-state index contributed by atoms with van der Waals surface area (Å²) in [4.78, 5) is 14.3. The highest BCUT2D eigenvalue weighted by Crippen LogP contribution is 2.43. The van der Waals surface area contributed by atoms with Crippen LogP contribution in [-0.2, 0) is 0 Å². The Bertz CT molecular complexity index is 7070. The minimum atomic E-state index is -0.420. The predicted molar refractivity (Wildman–Crippen MR) is 402 cm³/mol. The van der Waals surface area contributed by atoms with Gasteiger partial charge in [-0.05, 0) is 173 Å². The standard InChI is InChI=1S/C45H27N5.C44H26N4/c46-28-40-37-14-4-7-15-39(37)47-45(48-40)29-18-22-33(23-19-29)49-42-17-9-6-13-35(42)38-26-30(21-25-43(38)49)31-20-24-36-34-12-5-8-16-41(34)50(44(36)27-31)32-10-2-1-3-11-32;45-27-31-26-43(46-38-16-8-6-13-33(31)38)48-39-17-9-7-15-35(39)36-24-29(19-21-40(36)48)30-20-22-41-37(25-30)44-34-14-5-4-10-28(34)18-23-42(44)47(41)32-11-2-1-3-12-32/h1-27H;1-26H/i1D,2D,3D,10D,11D;. The van der Waals surface area contributed by atoms with Crippen LogP contribution >= 0.6 is 0 Å². The maximum atomic E-state index is 10.0. The van der Waals surface area contributed by atoms with Gasteiger partial charge in [0.1, 0.15) is 11.9 Å². The molecule has 0 saturated heterocycles. The smallest absolute Gasteiger partial charge is 0.161 e. The van der Waals surface area contributed by atoms with Gasteiger partial charge in [-0.2, -0.15) is 10.5 Å². The molecule has 0 unspecified atom stereocenters. The number of nitriles is 2. The summed E-state index contributed by atoms with van der Waals surface area (Å²) in [5, 5.41) is 32.7. The molecule has 20 rings (SSSR count). The van der Waals surface area contributed by atoms with Gasteiger partial charge in [0.2, 0.25) is 0 Å². The van der Waals surface area contributed by atoms with Gasteiger partial charge in [-0.3, -0.25) is 4.57 Å². The summed E-state index contributed by atoms with van der Waals surface area (Å²) in [7, 11) is 0. The van der Waals surface area contributed by atoms with Crippen molar-refractivity contribution in [2.45, 2.75) is 0 Å². The lowest BCUT2D eigenvalue weighted by atomic mass is 9.99. The van der Waals surface area contributed by atoms with Crippen LogP contribution < -0.4 is 0 Å². The molecule has 0 bridgehead atoms. The van der Waals surface area contributed by atoms with Gasteiger partial charge in [0, 0.05) is 76.5 Å². The van der Waals surface area contributed by atoms with Crippen LogP contribution in [0.4, 0.5) is 0 Å². The van der Waals surface area contributed by atoms with E-state index < -0.39 is 6.04 Å². The molecule has 0 radical (unpaired) electrons. The highest BCUT2D eigenvalue weighted by Gasteiger charge is 2.21. The minimum absolute atomic E-state index is 0.122. The van der Waals surface area contributed by atoms with E-state index in [1.807, 2.05) is 127 Å². The van der Waals surface area contributed by atoms with Crippen molar-refractivity contribution in [2.75, 3.05) is 0 Å². The van der Waals surface area contributed by atoms with E-state index in [0.29, 0.717) is 17.1 Å². The first-order valence-corrected chi connectivity index (χ1v) is 32.4. The second-order valence-corrected chi connectivity index (χ2v) is 24.5. The third kappa shape index (κ3) is 8.89. The van der Waals surface area contributed by atoms with E-state index in [0.717, 1.165) is 132 Å². The highest BCUT2D eigenvalue weighted by atomic mass is 15.1. The summed E-state index contributed by atoms with van der Waals surface area (Å²) in [6.07, 6.45) is 0. The Morgan fingerprint density at radius 1 is 0.286 bits per heavy atom. The molecule has 9 heteroatoms. The maximum absolute atomic E-state index is 10.0. The molecule has 0 fully saturated rings. The summed E-state index contributed by atoms with van der Waals surface area (Å²) in [6, 6.07) is 103. The lowest BCUT2D eigenvalue weighted by Gasteiger charge is -2.10. The van der Waals surface area contributed by atoms with Crippen molar-refractivity contribution >= 4 is 120 Å². The van der Waals surface area contributed by atoms with Gasteiger partial charge in [-0.15, -0.1) is 0 Å². The van der Waals surface area contributed by atoms with Crippen LogP contribution in [0.15, 0.2) is 321 Å². The number of pyridine rings is 1. The molecule has 0 saturated carbocycles. The summed E-state index contributed by atoms with van der Waals surface area (Å²) >= 11 is 0. The first-order valence-electron chi connectivity index (χ1n) is 34.9. The van der Waals surface area contributed by atoms with Crippen molar-refractivity contribution in [3.8, 4) is 68.7 Å². The zero-order valence-corrected chi connectivity index (χ0v) is 52.2. The SMILES string of the molecule is N#Cc1cc(-n2c3ccccc3c3cc(-c4ccc5c(c4)c4c6ccccc6ccc4n5-c4ccccc4)ccc32)nc2ccccc12.[2H]c1c([2H])c([2H])c(-n2c3ccccc3c3ccc(-c4ccc5c(c4)c4ccccc4n5-c4ccc(-c5nc(C#N)c6ccccc6n5)cc4)cc32)c([2H])c1[2H]. The first kappa shape index (κ1) is 50.8. The average Bonchev–Trinajstić information content (AvgIpc) is 1.59. The molecule has 20 aromatic rings. The Kier molecular flexibility index (Phi) is 11.7. The number of hydrogen-bond acceptors (Lipinski definition) is 5. The zero-order valence-electron chi connectivity index (χ0n) is 57.2. The van der Waals surface area contributed by atoms with E-state index in [4.69, 9.17) is 16.8 Å². The molecule has 0 aliphatic rings. The summed E-state index contributed by atoms with van der Waals surface area (Å²) in [5.41, 5.74) is 17.9. The number of hydrogen-bond donors (Lipinski definition) is 0. The molecule has 0 N–H and O–H groups in total. The van der Waals surface area contributed by atoms with Crippen molar-refractivity contribution in [2.24, 2.45) is 0 Å². The lowest BCUT2D eigenvalue weighted by molar-refractivity contribution is 1.10. The Morgan fingerprint density at radius 3 is 1.41 bits per heavy atom. The number of rotatable bonds is 7. The highest BCUT2D eigenvalue weighted by molar-refractivity contribution is 6.22. The normalized spacial score (nSPS) is 12.4. The van der Waals surface area contributed by atoms with Gasteiger partial charge in [-0.1, -0.05) is 182 Å². The Balaban J connectivity index is 0.000000143. The van der Waals surface area contributed by atoms with Gasteiger partial charge >= 0.3 is 0 Å². The van der Waals surface area contributed by atoms with Crippen molar-refractivity contribution in [3.05, 3.63) is 333 Å². The van der Waals surface area contributed by atoms with E-state index in [9.17, 15) is 10.5 Å². The van der Waals surface area contributed by atoms with Crippen LogP contribution in [0.1, 0.15) is 18.1 Å². The quantitative estimate of drug-likeness (QED) is 0.158. The molecule has 9 nitrogen and oxygen atoms in total. The maximum Gasteiger partial charge on any atom is 0.161 e. The molecule has 0 atom stereocenters. The monoisotopic (exact) mass is 1250 g/mol. The van der Waals surface area contributed by atoms with Crippen LogP contribution in [0.5, 0.6) is 0 Å². The molecule has 0 spiro atoms. The van der Waals surface area contributed by atoms with E-state index in [1.165, 1.54) is 32.6 Å². The summed E-state index contributed by atoms with van der Waals surface area (Å²) < 4.78 is 51.2. The van der Waals surface area contributed by atoms with E-state index in [2.05, 4.69) is 195 Å².